The molecule has 7 heteroatoms. The van der Waals surface area contributed by atoms with Crippen molar-refractivity contribution < 1.29 is 29.6 Å². The van der Waals surface area contributed by atoms with E-state index >= 15 is 0 Å². The normalized spacial score (nSPS) is 25.8. The Balaban J connectivity index is 1.84. The SMILES string of the molecule is O=C(O)CCC/C=C\CC1[C@@H](/C=C/[C@@H](O)CSc2ccccc2F)[C@H](O)C[C@@H]1O. The standard InChI is InChI=1S/C22H29FO5S/c23-18-8-5-6-9-21(18)29-14-15(24)11-12-17-16(19(25)13-20(17)26)7-3-1-2-4-10-22(27)28/h1,3,5-6,8-9,11-12,15-17,19-20,24-26H,2,4,7,10,13-14H2,(H,27,28)/b3-1-,12-11+/t15-,16?,17-,19+,20-/m1/s1. The molecule has 1 aliphatic carbocycles. The first-order chi connectivity index (χ1) is 13.9. The zero-order valence-electron chi connectivity index (χ0n) is 16.2. The fourth-order valence-electron chi connectivity index (χ4n) is 3.50. The molecular weight excluding hydrogens is 395 g/mol. The van der Waals surface area contributed by atoms with E-state index < -0.39 is 24.3 Å². The summed E-state index contributed by atoms with van der Waals surface area (Å²) >= 11 is 1.22. The summed E-state index contributed by atoms with van der Waals surface area (Å²) in [4.78, 5) is 11.0. The maximum atomic E-state index is 13.6. The lowest BCUT2D eigenvalue weighted by Gasteiger charge is -2.19. The summed E-state index contributed by atoms with van der Waals surface area (Å²) < 4.78 is 13.6. The molecule has 0 aliphatic heterocycles. The fraction of sp³-hybridized carbons (Fsp3) is 0.500. The summed E-state index contributed by atoms with van der Waals surface area (Å²) in [7, 11) is 0. The van der Waals surface area contributed by atoms with Gasteiger partial charge in [-0.3, -0.25) is 4.79 Å². The van der Waals surface area contributed by atoms with E-state index in [1.54, 1.807) is 30.4 Å². The van der Waals surface area contributed by atoms with Crippen LogP contribution in [-0.2, 0) is 4.79 Å². The molecule has 0 radical (unpaired) electrons. The Morgan fingerprint density at radius 2 is 2.00 bits per heavy atom. The summed E-state index contributed by atoms with van der Waals surface area (Å²) in [6, 6.07) is 6.39. The highest BCUT2D eigenvalue weighted by Crippen LogP contribution is 2.36. The van der Waals surface area contributed by atoms with E-state index in [1.165, 1.54) is 17.8 Å². The fourth-order valence-corrected chi connectivity index (χ4v) is 4.34. The van der Waals surface area contributed by atoms with Crippen molar-refractivity contribution in [2.75, 3.05) is 5.75 Å². The first kappa shape index (κ1) is 23.6. The lowest BCUT2D eigenvalue weighted by molar-refractivity contribution is -0.137. The third kappa shape index (κ3) is 7.93. The minimum Gasteiger partial charge on any atom is -0.481 e. The van der Waals surface area contributed by atoms with Crippen molar-refractivity contribution in [1.29, 1.82) is 0 Å². The third-order valence-corrected chi connectivity index (χ3v) is 6.20. The molecule has 1 unspecified atom stereocenters. The number of aliphatic hydroxyl groups is 3. The van der Waals surface area contributed by atoms with Crippen LogP contribution in [0.1, 0.15) is 32.1 Å². The van der Waals surface area contributed by atoms with Crippen molar-refractivity contribution >= 4 is 17.7 Å². The molecule has 2 rings (SSSR count). The van der Waals surface area contributed by atoms with Crippen LogP contribution < -0.4 is 0 Å². The van der Waals surface area contributed by atoms with Gasteiger partial charge in [-0.15, -0.1) is 11.8 Å². The number of rotatable bonds is 11. The van der Waals surface area contributed by atoms with Gasteiger partial charge in [0.2, 0.25) is 0 Å². The van der Waals surface area contributed by atoms with E-state index in [-0.39, 0.29) is 36.2 Å². The average Bonchev–Trinajstić information content (AvgIpc) is 2.94. The Hall–Kier alpha value is -1.67. The van der Waals surface area contributed by atoms with Crippen molar-refractivity contribution in [2.24, 2.45) is 11.8 Å². The van der Waals surface area contributed by atoms with Crippen molar-refractivity contribution in [3.05, 3.63) is 54.4 Å². The van der Waals surface area contributed by atoms with Gasteiger partial charge in [-0.25, -0.2) is 4.39 Å². The van der Waals surface area contributed by atoms with Crippen LogP contribution in [0.15, 0.2) is 53.5 Å². The van der Waals surface area contributed by atoms with Crippen molar-refractivity contribution in [3.63, 3.8) is 0 Å². The number of carboxylic acids is 1. The number of halogens is 1. The number of aliphatic hydroxyl groups excluding tert-OH is 3. The number of thioether (sulfide) groups is 1. The summed E-state index contributed by atoms with van der Waals surface area (Å²) in [5.41, 5.74) is 0. The highest BCUT2D eigenvalue weighted by Gasteiger charge is 2.39. The van der Waals surface area contributed by atoms with Gasteiger partial charge in [-0.1, -0.05) is 36.4 Å². The smallest absolute Gasteiger partial charge is 0.303 e. The van der Waals surface area contributed by atoms with Gasteiger partial charge in [0.1, 0.15) is 5.82 Å². The predicted octanol–water partition coefficient (Wildman–Crippen LogP) is 3.39. The largest absolute Gasteiger partial charge is 0.481 e. The van der Waals surface area contributed by atoms with E-state index in [0.29, 0.717) is 24.2 Å². The maximum absolute atomic E-state index is 13.6. The molecule has 1 saturated carbocycles. The van der Waals surface area contributed by atoms with Gasteiger partial charge in [0, 0.05) is 29.4 Å². The molecule has 5 nitrogen and oxygen atoms in total. The molecule has 0 amide bonds. The van der Waals surface area contributed by atoms with Gasteiger partial charge in [-0.05, 0) is 37.3 Å². The molecule has 0 aromatic heterocycles. The number of carbonyl (C=O) groups is 1. The van der Waals surface area contributed by atoms with Gasteiger partial charge in [-0.2, -0.15) is 0 Å². The van der Waals surface area contributed by atoms with Crippen LogP contribution in [0.2, 0.25) is 0 Å². The Kier molecular flexibility index (Phi) is 9.87. The Morgan fingerprint density at radius 1 is 1.24 bits per heavy atom. The lowest BCUT2D eigenvalue weighted by atomic mass is 9.89. The molecule has 1 aromatic rings. The summed E-state index contributed by atoms with van der Waals surface area (Å²) in [6.45, 7) is 0. The van der Waals surface area contributed by atoms with E-state index in [4.69, 9.17) is 5.11 Å². The van der Waals surface area contributed by atoms with Crippen molar-refractivity contribution in [1.82, 2.24) is 0 Å². The topological polar surface area (TPSA) is 98.0 Å². The van der Waals surface area contributed by atoms with E-state index in [1.807, 2.05) is 12.2 Å². The second-order valence-corrected chi connectivity index (χ2v) is 8.36. The number of unbranched alkanes of at least 4 members (excludes halogenated alkanes) is 1. The van der Waals surface area contributed by atoms with Crippen LogP contribution in [0.25, 0.3) is 0 Å². The highest BCUT2D eigenvalue weighted by atomic mass is 32.2. The van der Waals surface area contributed by atoms with E-state index in [2.05, 4.69) is 0 Å². The first-order valence-corrected chi connectivity index (χ1v) is 10.8. The zero-order chi connectivity index (χ0) is 21.2. The van der Waals surface area contributed by atoms with Crippen LogP contribution in [0, 0.1) is 17.7 Å². The second kappa shape index (κ2) is 12.1. The third-order valence-electron chi connectivity index (χ3n) is 5.05. The molecular formula is C22H29FO5S. The monoisotopic (exact) mass is 424 g/mol. The summed E-state index contributed by atoms with van der Waals surface area (Å²) in [5.74, 6) is -1.29. The Labute approximate surface area is 175 Å². The van der Waals surface area contributed by atoms with Crippen molar-refractivity contribution in [2.45, 2.75) is 55.3 Å². The quantitative estimate of drug-likeness (QED) is 0.247. The number of hydrogen-bond donors (Lipinski definition) is 4. The molecule has 1 fully saturated rings. The molecule has 0 heterocycles. The number of hydrogen-bond acceptors (Lipinski definition) is 5. The minimum absolute atomic E-state index is 0.128. The lowest BCUT2D eigenvalue weighted by Crippen LogP contribution is -2.20. The number of carboxylic acid groups (broad SMARTS) is 1. The molecule has 1 aliphatic rings. The number of aliphatic carboxylic acids is 1. The van der Waals surface area contributed by atoms with Gasteiger partial charge >= 0.3 is 5.97 Å². The molecule has 5 atom stereocenters. The van der Waals surface area contributed by atoms with E-state index in [9.17, 15) is 24.5 Å². The molecule has 0 bridgehead atoms. The molecule has 160 valence electrons. The molecule has 4 N–H and O–H groups in total. The van der Waals surface area contributed by atoms with Gasteiger partial charge in [0.25, 0.3) is 0 Å². The Morgan fingerprint density at radius 3 is 2.72 bits per heavy atom. The van der Waals surface area contributed by atoms with Crippen LogP contribution in [-0.4, -0.2) is 50.5 Å². The van der Waals surface area contributed by atoms with Gasteiger partial charge < -0.3 is 20.4 Å². The van der Waals surface area contributed by atoms with E-state index in [0.717, 1.165) is 0 Å². The molecule has 0 saturated heterocycles. The number of allylic oxidation sites excluding steroid dienone is 2. The minimum atomic E-state index is -0.815. The summed E-state index contributed by atoms with van der Waals surface area (Å²) in [6.07, 6.45) is 7.26. The van der Waals surface area contributed by atoms with Crippen LogP contribution >= 0.6 is 11.8 Å². The zero-order valence-corrected chi connectivity index (χ0v) is 17.0. The maximum Gasteiger partial charge on any atom is 0.303 e. The number of benzene rings is 1. The highest BCUT2D eigenvalue weighted by molar-refractivity contribution is 7.99. The van der Waals surface area contributed by atoms with Crippen LogP contribution in [0.5, 0.6) is 0 Å². The molecule has 1 aromatic carbocycles. The first-order valence-electron chi connectivity index (χ1n) is 9.85. The van der Waals surface area contributed by atoms with Crippen molar-refractivity contribution in [3.8, 4) is 0 Å². The predicted molar refractivity (Wildman–Crippen MR) is 111 cm³/mol. The summed E-state index contributed by atoms with van der Waals surface area (Å²) in [5, 5.41) is 39.3. The Bertz CT molecular complexity index is 708. The average molecular weight is 425 g/mol. The van der Waals surface area contributed by atoms with Gasteiger partial charge in [0.15, 0.2) is 0 Å². The van der Waals surface area contributed by atoms with Crippen LogP contribution in [0.3, 0.4) is 0 Å². The van der Waals surface area contributed by atoms with Crippen LogP contribution in [0.4, 0.5) is 4.39 Å². The second-order valence-electron chi connectivity index (χ2n) is 7.30. The molecule has 29 heavy (non-hydrogen) atoms. The molecule has 0 spiro atoms. The van der Waals surface area contributed by atoms with Gasteiger partial charge in [0.05, 0.1) is 18.3 Å².